The summed E-state index contributed by atoms with van der Waals surface area (Å²) in [4.78, 5) is 8.81. The van der Waals surface area contributed by atoms with Crippen molar-refractivity contribution in [1.82, 2.24) is 9.97 Å². The summed E-state index contributed by atoms with van der Waals surface area (Å²) in [5.41, 5.74) is 4.00. The highest BCUT2D eigenvalue weighted by atomic mass is 19.1. The molecule has 0 aliphatic rings. The molecule has 0 spiro atoms. The van der Waals surface area contributed by atoms with Crippen molar-refractivity contribution in [2.24, 2.45) is 0 Å². The molecule has 0 saturated heterocycles. The SMILES string of the molecule is Cc1cccc(C(C)C)c1Nc1nccc(NCc2ccccc2F)n1. The molecule has 4 nitrogen and oxygen atoms in total. The first-order chi connectivity index (χ1) is 12.5. The molecule has 0 aliphatic heterocycles. The Kier molecular flexibility index (Phi) is 5.46. The molecule has 134 valence electrons. The van der Waals surface area contributed by atoms with Gasteiger partial charge in [0.15, 0.2) is 0 Å². The molecule has 0 fully saturated rings. The molecule has 1 heterocycles. The Labute approximate surface area is 153 Å². The highest BCUT2D eigenvalue weighted by Gasteiger charge is 2.11. The van der Waals surface area contributed by atoms with Crippen LogP contribution in [0.25, 0.3) is 0 Å². The van der Waals surface area contributed by atoms with Gasteiger partial charge in [0.1, 0.15) is 11.6 Å². The topological polar surface area (TPSA) is 49.8 Å². The van der Waals surface area contributed by atoms with Crippen LogP contribution in [0.15, 0.2) is 54.7 Å². The molecule has 3 aromatic rings. The maximum atomic E-state index is 13.7. The third kappa shape index (κ3) is 4.17. The second-order valence-electron chi connectivity index (χ2n) is 6.53. The Balaban J connectivity index is 1.77. The fourth-order valence-electron chi connectivity index (χ4n) is 2.80. The molecular formula is C21H23FN4. The van der Waals surface area contributed by atoms with Gasteiger partial charge in [-0.15, -0.1) is 0 Å². The van der Waals surface area contributed by atoms with E-state index in [-0.39, 0.29) is 5.82 Å². The number of nitrogens with zero attached hydrogens (tertiary/aromatic N) is 2. The smallest absolute Gasteiger partial charge is 0.229 e. The third-order valence-corrected chi connectivity index (χ3v) is 4.24. The van der Waals surface area contributed by atoms with Gasteiger partial charge < -0.3 is 10.6 Å². The molecule has 5 heteroatoms. The Morgan fingerprint density at radius 1 is 1.04 bits per heavy atom. The molecule has 0 unspecified atom stereocenters. The van der Waals surface area contributed by atoms with E-state index < -0.39 is 0 Å². The second kappa shape index (κ2) is 7.95. The summed E-state index contributed by atoms with van der Waals surface area (Å²) in [6.45, 7) is 6.75. The number of rotatable bonds is 6. The van der Waals surface area contributed by atoms with Crippen molar-refractivity contribution in [3.05, 3.63) is 77.2 Å². The van der Waals surface area contributed by atoms with E-state index in [1.54, 1.807) is 24.4 Å². The quantitative estimate of drug-likeness (QED) is 0.625. The molecule has 0 radical (unpaired) electrons. The van der Waals surface area contributed by atoms with Crippen LogP contribution < -0.4 is 10.6 Å². The van der Waals surface area contributed by atoms with Gasteiger partial charge in [0.25, 0.3) is 0 Å². The van der Waals surface area contributed by atoms with Crippen LogP contribution in [0.3, 0.4) is 0 Å². The minimum atomic E-state index is -0.228. The van der Waals surface area contributed by atoms with E-state index in [4.69, 9.17) is 0 Å². The van der Waals surface area contributed by atoms with Crippen LogP contribution in [-0.4, -0.2) is 9.97 Å². The van der Waals surface area contributed by atoms with Crippen molar-refractivity contribution in [2.75, 3.05) is 10.6 Å². The fourth-order valence-corrected chi connectivity index (χ4v) is 2.80. The molecule has 26 heavy (non-hydrogen) atoms. The summed E-state index contributed by atoms with van der Waals surface area (Å²) in [6, 6.07) is 14.7. The second-order valence-corrected chi connectivity index (χ2v) is 6.53. The average Bonchev–Trinajstić information content (AvgIpc) is 2.63. The van der Waals surface area contributed by atoms with Gasteiger partial charge in [-0.05, 0) is 36.1 Å². The van der Waals surface area contributed by atoms with Crippen LogP contribution in [0, 0.1) is 12.7 Å². The van der Waals surface area contributed by atoms with Crippen molar-refractivity contribution in [1.29, 1.82) is 0 Å². The Bertz CT molecular complexity index is 893. The van der Waals surface area contributed by atoms with Gasteiger partial charge in [-0.25, -0.2) is 9.37 Å². The number of benzene rings is 2. The number of anilines is 3. The zero-order chi connectivity index (χ0) is 18.5. The lowest BCUT2D eigenvalue weighted by Crippen LogP contribution is -2.07. The first-order valence-electron chi connectivity index (χ1n) is 8.71. The van der Waals surface area contributed by atoms with Gasteiger partial charge in [-0.3, -0.25) is 0 Å². The highest BCUT2D eigenvalue weighted by Crippen LogP contribution is 2.29. The van der Waals surface area contributed by atoms with Gasteiger partial charge in [-0.2, -0.15) is 4.98 Å². The van der Waals surface area contributed by atoms with Crippen LogP contribution in [0.4, 0.5) is 21.8 Å². The van der Waals surface area contributed by atoms with E-state index in [0.717, 1.165) is 11.3 Å². The number of aromatic nitrogens is 2. The zero-order valence-electron chi connectivity index (χ0n) is 15.3. The summed E-state index contributed by atoms with van der Waals surface area (Å²) in [5.74, 6) is 1.32. The number of nitrogens with one attached hydrogen (secondary N) is 2. The summed E-state index contributed by atoms with van der Waals surface area (Å²) in [6.07, 6.45) is 1.69. The molecule has 0 aliphatic carbocycles. The summed E-state index contributed by atoms with van der Waals surface area (Å²) < 4.78 is 13.7. The Morgan fingerprint density at radius 3 is 2.62 bits per heavy atom. The van der Waals surface area contributed by atoms with Crippen LogP contribution in [0.2, 0.25) is 0 Å². The van der Waals surface area contributed by atoms with Crippen LogP contribution >= 0.6 is 0 Å². The number of aryl methyl sites for hydroxylation is 1. The van der Waals surface area contributed by atoms with Crippen molar-refractivity contribution in [2.45, 2.75) is 33.2 Å². The lowest BCUT2D eigenvalue weighted by atomic mass is 9.98. The predicted octanol–water partition coefficient (Wildman–Crippen LogP) is 5.40. The van der Waals surface area contributed by atoms with Gasteiger partial charge >= 0.3 is 0 Å². The third-order valence-electron chi connectivity index (χ3n) is 4.24. The van der Waals surface area contributed by atoms with E-state index in [9.17, 15) is 4.39 Å². The molecule has 2 aromatic carbocycles. The summed E-state index contributed by atoms with van der Waals surface area (Å²) >= 11 is 0. The van der Waals surface area contributed by atoms with Crippen molar-refractivity contribution in [3.63, 3.8) is 0 Å². The summed E-state index contributed by atoms with van der Waals surface area (Å²) in [5, 5.41) is 6.48. The first-order valence-corrected chi connectivity index (χ1v) is 8.71. The van der Waals surface area contributed by atoms with Gasteiger partial charge in [0.05, 0.1) is 0 Å². The van der Waals surface area contributed by atoms with Gasteiger partial charge in [0, 0.05) is 24.0 Å². The van der Waals surface area contributed by atoms with Crippen molar-refractivity contribution < 1.29 is 4.39 Å². The van der Waals surface area contributed by atoms with Crippen LogP contribution in [0.1, 0.15) is 36.5 Å². The van der Waals surface area contributed by atoms with Crippen molar-refractivity contribution >= 4 is 17.5 Å². The number of halogens is 1. The lowest BCUT2D eigenvalue weighted by molar-refractivity contribution is 0.613. The highest BCUT2D eigenvalue weighted by molar-refractivity contribution is 5.64. The molecule has 3 rings (SSSR count). The maximum Gasteiger partial charge on any atom is 0.229 e. The monoisotopic (exact) mass is 350 g/mol. The van der Waals surface area contributed by atoms with E-state index in [0.29, 0.717) is 29.8 Å². The van der Waals surface area contributed by atoms with Gasteiger partial charge in [-0.1, -0.05) is 50.2 Å². The van der Waals surface area contributed by atoms with Crippen molar-refractivity contribution in [3.8, 4) is 0 Å². The van der Waals surface area contributed by atoms with E-state index in [2.05, 4.69) is 59.6 Å². The van der Waals surface area contributed by atoms with E-state index >= 15 is 0 Å². The van der Waals surface area contributed by atoms with Gasteiger partial charge in [0.2, 0.25) is 5.95 Å². The number of hydrogen-bond donors (Lipinski definition) is 2. The van der Waals surface area contributed by atoms with E-state index in [1.807, 2.05) is 6.07 Å². The minimum Gasteiger partial charge on any atom is -0.366 e. The minimum absolute atomic E-state index is 0.228. The first kappa shape index (κ1) is 17.9. The Morgan fingerprint density at radius 2 is 1.85 bits per heavy atom. The molecule has 0 saturated carbocycles. The molecule has 2 N–H and O–H groups in total. The average molecular weight is 350 g/mol. The fraction of sp³-hybridized carbons (Fsp3) is 0.238. The largest absolute Gasteiger partial charge is 0.366 e. The van der Waals surface area contributed by atoms with Crippen LogP contribution in [0.5, 0.6) is 0 Å². The maximum absolute atomic E-state index is 13.7. The molecule has 0 bridgehead atoms. The standard InChI is InChI=1S/C21H23FN4/c1-14(2)17-9-6-7-15(3)20(17)26-21-23-12-11-19(25-21)24-13-16-8-4-5-10-18(16)22/h4-12,14H,13H2,1-3H3,(H2,23,24,25,26). The normalized spacial score (nSPS) is 10.8. The van der Waals surface area contributed by atoms with Crippen LogP contribution in [-0.2, 0) is 6.54 Å². The van der Waals surface area contributed by atoms with E-state index in [1.165, 1.54) is 11.6 Å². The zero-order valence-corrected chi connectivity index (χ0v) is 15.3. The lowest BCUT2D eigenvalue weighted by Gasteiger charge is -2.16. The molecule has 1 aromatic heterocycles. The number of para-hydroxylation sites is 1. The molecular weight excluding hydrogens is 327 g/mol. The summed E-state index contributed by atoms with van der Waals surface area (Å²) in [7, 11) is 0. The Hall–Kier alpha value is -2.95. The molecule has 0 atom stereocenters. The predicted molar refractivity (Wildman–Crippen MR) is 104 cm³/mol. The molecule has 0 amide bonds. The number of hydrogen-bond acceptors (Lipinski definition) is 4.